The highest BCUT2D eigenvalue weighted by Crippen LogP contribution is 2.34. The molecule has 1 saturated heterocycles. The van der Waals surface area contributed by atoms with Crippen LogP contribution in [0.5, 0.6) is 0 Å². The molecule has 2 fully saturated rings. The van der Waals surface area contributed by atoms with E-state index >= 15 is 0 Å². The summed E-state index contributed by atoms with van der Waals surface area (Å²) in [7, 11) is 0. The molecule has 132 valence electrons. The van der Waals surface area contributed by atoms with Crippen molar-refractivity contribution < 1.29 is 4.79 Å². The van der Waals surface area contributed by atoms with Gasteiger partial charge in [0.2, 0.25) is 5.91 Å². The van der Waals surface area contributed by atoms with Crippen LogP contribution in [0.1, 0.15) is 36.8 Å². The van der Waals surface area contributed by atoms with E-state index < -0.39 is 0 Å². The number of carbonyl (C=O) groups is 1. The summed E-state index contributed by atoms with van der Waals surface area (Å²) in [5, 5.41) is 12.6. The molecule has 1 amide bonds. The molecule has 4 rings (SSSR count). The first-order valence-electron chi connectivity index (χ1n) is 9.23. The third-order valence-electron chi connectivity index (χ3n) is 5.27. The van der Waals surface area contributed by atoms with Gasteiger partial charge in [-0.1, -0.05) is 6.07 Å². The van der Waals surface area contributed by atoms with Crippen molar-refractivity contribution in [2.24, 2.45) is 5.92 Å². The predicted octanol–water partition coefficient (Wildman–Crippen LogP) is 3.88. The van der Waals surface area contributed by atoms with Crippen molar-refractivity contribution in [3.63, 3.8) is 0 Å². The Labute approximate surface area is 153 Å². The first-order valence-corrected chi connectivity index (χ1v) is 9.23. The van der Waals surface area contributed by atoms with Gasteiger partial charge in [0.15, 0.2) is 0 Å². The minimum atomic E-state index is 0.0554. The summed E-state index contributed by atoms with van der Waals surface area (Å²) >= 11 is 0. The molecule has 1 aromatic heterocycles. The van der Waals surface area contributed by atoms with Gasteiger partial charge in [-0.2, -0.15) is 5.26 Å². The third-order valence-corrected chi connectivity index (χ3v) is 5.27. The largest absolute Gasteiger partial charge is 0.370 e. The van der Waals surface area contributed by atoms with E-state index in [1.54, 1.807) is 6.20 Å². The molecule has 2 aliphatic rings. The molecule has 0 spiro atoms. The van der Waals surface area contributed by atoms with Gasteiger partial charge in [-0.3, -0.25) is 4.79 Å². The zero-order valence-electron chi connectivity index (χ0n) is 15.0. The zero-order chi connectivity index (χ0) is 18.1. The summed E-state index contributed by atoms with van der Waals surface area (Å²) in [4.78, 5) is 18.7. The van der Waals surface area contributed by atoms with Crippen molar-refractivity contribution >= 4 is 17.4 Å². The molecule has 1 aromatic carbocycles. The summed E-state index contributed by atoms with van der Waals surface area (Å²) in [5.74, 6) is 0.811. The van der Waals surface area contributed by atoms with Crippen LogP contribution >= 0.6 is 0 Å². The number of hydrogen-bond donors (Lipinski definition) is 1. The van der Waals surface area contributed by atoms with E-state index in [1.807, 2.05) is 25.1 Å². The third kappa shape index (κ3) is 3.15. The second kappa shape index (κ2) is 6.80. The van der Waals surface area contributed by atoms with Crippen LogP contribution in [0.4, 0.5) is 11.5 Å². The minimum Gasteiger partial charge on any atom is -0.370 e. The highest BCUT2D eigenvalue weighted by molar-refractivity contribution is 5.94. The van der Waals surface area contributed by atoms with Gasteiger partial charge in [0.25, 0.3) is 0 Å². The van der Waals surface area contributed by atoms with Crippen molar-refractivity contribution in [3.05, 3.63) is 41.6 Å². The molecule has 1 N–H and O–H groups in total. The molecule has 0 unspecified atom stereocenters. The number of nitrogens with zero attached hydrogens (tertiary/aromatic N) is 3. The lowest BCUT2D eigenvalue weighted by Crippen LogP contribution is -2.18. The fourth-order valence-corrected chi connectivity index (χ4v) is 3.57. The Bertz CT molecular complexity index is 889. The van der Waals surface area contributed by atoms with Crippen molar-refractivity contribution in [1.29, 1.82) is 5.26 Å². The SMILES string of the molecule is Cc1c(-c2ccc(N3CCCC3)c(C#N)c2)ccnc1NC(=O)C1CC1. The van der Waals surface area contributed by atoms with Crippen molar-refractivity contribution in [2.75, 3.05) is 23.3 Å². The second-order valence-corrected chi connectivity index (χ2v) is 7.13. The van der Waals surface area contributed by atoms with Crippen LogP contribution in [0.2, 0.25) is 0 Å². The Kier molecular flexibility index (Phi) is 4.34. The molecule has 0 bridgehead atoms. The van der Waals surface area contributed by atoms with E-state index in [4.69, 9.17) is 0 Å². The number of benzene rings is 1. The molecule has 5 nitrogen and oxygen atoms in total. The number of nitriles is 1. The fraction of sp³-hybridized carbons (Fsp3) is 0.381. The summed E-state index contributed by atoms with van der Waals surface area (Å²) in [6.45, 7) is 3.99. The van der Waals surface area contributed by atoms with Crippen molar-refractivity contribution in [3.8, 4) is 17.2 Å². The molecule has 2 aromatic rings. The first kappa shape index (κ1) is 16.6. The van der Waals surface area contributed by atoms with Gasteiger partial charge >= 0.3 is 0 Å². The number of hydrogen-bond acceptors (Lipinski definition) is 4. The van der Waals surface area contributed by atoms with Gasteiger partial charge in [0, 0.05) is 25.2 Å². The summed E-state index contributed by atoms with van der Waals surface area (Å²) in [5.41, 5.74) is 4.62. The molecule has 1 aliphatic carbocycles. The molecule has 1 aliphatic heterocycles. The lowest BCUT2D eigenvalue weighted by Gasteiger charge is -2.20. The van der Waals surface area contributed by atoms with Crippen LogP contribution in [0.15, 0.2) is 30.5 Å². The lowest BCUT2D eigenvalue weighted by molar-refractivity contribution is -0.117. The van der Waals surface area contributed by atoms with Crippen LogP contribution < -0.4 is 10.2 Å². The topological polar surface area (TPSA) is 69.0 Å². The van der Waals surface area contributed by atoms with E-state index in [1.165, 1.54) is 12.8 Å². The Hall–Kier alpha value is -2.87. The van der Waals surface area contributed by atoms with Gasteiger partial charge in [-0.15, -0.1) is 0 Å². The zero-order valence-corrected chi connectivity index (χ0v) is 15.0. The normalized spacial score (nSPS) is 16.4. The van der Waals surface area contributed by atoms with Gasteiger partial charge in [0.1, 0.15) is 11.9 Å². The van der Waals surface area contributed by atoms with Gasteiger partial charge in [0.05, 0.1) is 11.3 Å². The minimum absolute atomic E-state index is 0.0554. The quantitative estimate of drug-likeness (QED) is 0.912. The molecule has 5 heteroatoms. The maximum Gasteiger partial charge on any atom is 0.228 e. The van der Waals surface area contributed by atoms with E-state index in [-0.39, 0.29) is 11.8 Å². The molecular formula is C21H22N4O. The van der Waals surface area contributed by atoms with Crippen LogP contribution in [0, 0.1) is 24.2 Å². The number of rotatable bonds is 4. The number of pyridine rings is 1. The smallest absolute Gasteiger partial charge is 0.228 e. The van der Waals surface area contributed by atoms with Crippen LogP contribution in [-0.4, -0.2) is 24.0 Å². The average molecular weight is 346 g/mol. The summed E-state index contributed by atoms with van der Waals surface area (Å²) in [6, 6.07) is 10.3. The van der Waals surface area contributed by atoms with Crippen molar-refractivity contribution in [1.82, 2.24) is 4.98 Å². The maximum absolute atomic E-state index is 12.1. The Morgan fingerprint density at radius 1 is 1.27 bits per heavy atom. The van der Waals surface area contributed by atoms with Gasteiger partial charge in [-0.25, -0.2) is 4.98 Å². The van der Waals surface area contributed by atoms with Crippen LogP contribution in [0.25, 0.3) is 11.1 Å². The number of carbonyl (C=O) groups excluding carboxylic acids is 1. The molecule has 26 heavy (non-hydrogen) atoms. The van der Waals surface area contributed by atoms with E-state index in [9.17, 15) is 10.1 Å². The monoisotopic (exact) mass is 346 g/mol. The van der Waals surface area contributed by atoms with E-state index in [0.717, 1.165) is 48.3 Å². The average Bonchev–Trinajstić information content (AvgIpc) is 3.38. The summed E-state index contributed by atoms with van der Waals surface area (Å²) < 4.78 is 0. The van der Waals surface area contributed by atoms with Gasteiger partial charge in [-0.05, 0) is 67.5 Å². The number of amides is 1. The van der Waals surface area contributed by atoms with Crippen molar-refractivity contribution in [2.45, 2.75) is 32.6 Å². The molecule has 0 atom stereocenters. The van der Waals surface area contributed by atoms with E-state index in [0.29, 0.717) is 11.4 Å². The van der Waals surface area contributed by atoms with Crippen LogP contribution in [-0.2, 0) is 4.79 Å². The number of anilines is 2. The first-order chi connectivity index (χ1) is 12.7. The van der Waals surface area contributed by atoms with Crippen LogP contribution in [0.3, 0.4) is 0 Å². The summed E-state index contributed by atoms with van der Waals surface area (Å²) in [6.07, 6.45) is 6.01. The fourth-order valence-electron chi connectivity index (χ4n) is 3.57. The standard InChI is InChI=1S/C21H22N4O/c1-14-18(8-9-23-20(14)24-21(26)15-4-5-15)16-6-7-19(17(12-16)13-22)25-10-2-3-11-25/h6-9,12,15H,2-5,10-11H2,1H3,(H,23,24,26). The Morgan fingerprint density at radius 2 is 2.04 bits per heavy atom. The highest BCUT2D eigenvalue weighted by atomic mass is 16.2. The second-order valence-electron chi connectivity index (χ2n) is 7.13. The van der Waals surface area contributed by atoms with Gasteiger partial charge < -0.3 is 10.2 Å². The molecule has 0 radical (unpaired) electrons. The predicted molar refractivity (Wildman–Crippen MR) is 102 cm³/mol. The number of nitrogens with one attached hydrogen (secondary N) is 1. The molecule has 1 saturated carbocycles. The molecule has 2 heterocycles. The highest BCUT2D eigenvalue weighted by Gasteiger charge is 2.30. The Balaban J connectivity index is 1.66. The maximum atomic E-state index is 12.1. The Morgan fingerprint density at radius 3 is 2.73 bits per heavy atom. The van der Waals surface area contributed by atoms with E-state index in [2.05, 4.69) is 27.3 Å². The molecular weight excluding hydrogens is 324 g/mol. The lowest BCUT2D eigenvalue weighted by atomic mass is 9.99. The number of aromatic nitrogens is 1.